The molecule has 1 unspecified atom stereocenters. The highest BCUT2D eigenvalue weighted by molar-refractivity contribution is 7.08. The molecule has 1 aliphatic heterocycles. The molecule has 8 heteroatoms. The van der Waals surface area contributed by atoms with Gasteiger partial charge in [-0.3, -0.25) is 4.90 Å². The van der Waals surface area contributed by atoms with Crippen molar-refractivity contribution in [3.63, 3.8) is 0 Å². The number of carbonyl (C=O) groups excluding carboxylic acids is 1. The first-order valence-electron chi connectivity index (χ1n) is 6.53. The summed E-state index contributed by atoms with van der Waals surface area (Å²) in [5.74, 6) is 0.759. The van der Waals surface area contributed by atoms with Crippen LogP contribution in [-0.2, 0) is 20.8 Å². The third kappa shape index (κ3) is 3.29. The van der Waals surface area contributed by atoms with Gasteiger partial charge in [-0.1, -0.05) is 5.16 Å². The predicted molar refractivity (Wildman–Crippen MR) is 74.6 cm³/mol. The predicted octanol–water partition coefficient (Wildman–Crippen LogP) is 1.17. The Morgan fingerprint density at radius 3 is 3.29 bits per heavy atom. The van der Waals surface area contributed by atoms with Gasteiger partial charge in [-0.25, -0.2) is 4.79 Å². The highest BCUT2D eigenvalue weighted by Gasteiger charge is 2.28. The molecule has 0 aliphatic carbocycles. The van der Waals surface area contributed by atoms with Crippen molar-refractivity contribution in [2.45, 2.75) is 12.6 Å². The lowest BCUT2D eigenvalue weighted by molar-refractivity contribution is -0.160. The molecule has 1 aliphatic rings. The van der Waals surface area contributed by atoms with E-state index >= 15 is 0 Å². The lowest BCUT2D eigenvalue weighted by Crippen LogP contribution is -2.46. The average molecular weight is 309 g/mol. The molecule has 7 nitrogen and oxygen atoms in total. The zero-order valence-electron chi connectivity index (χ0n) is 11.5. The van der Waals surface area contributed by atoms with Crippen LogP contribution in [0.3, 0.4) is 0 Å². The zero-order valence-corrected chi connectivity index (χ0v) is 12.3. The van der Waals surface area contributed by atoms with Crippen molar-refractivity contribution >= 4 is 17.3 Å². The van der Waals surface area contributed by atoms with E-state index in [2.05, 4.69) is 10.1 Å². The molecule has 0 N–H and O–H groups in total. The second-order valence-corrected chi connectivity index (χ2v) is 5.42. The molecule has 1 saturated heterocycles. The van der Waals surface area contributed by atoms with Crippen molar-refractivity contribution in [3.05, 3.63) is 22.7 Å². The molecule has 1 fully saturated rings. The molecule has 0 radical (unpaired) electrons. The molecule has 0 saturated carbocycles. The minimum absolute atomic E-state index is 0.357. The smallest absolute Gasteiger partial charge is 0.336 e. The van der Waals surface area contributed by atoms with Gasteiger partial charge in [0, 0.05) is 24.0 Å². The maximum atomic E-state index is 11.5. The molecule has 2 aromatic rings. The number of aromatic nitrogens is 2. The van der Waals surface area contributed by atoms with Crippen LogP contribution in [0, 0.1) is 0 Å². The van der Waals surface area contributed by atoms with Gasteiger partial charge in [0.25, 0.3) is 0 Å². The summed E-state index contributed by atoms with van der Waals surface area (Å²) in [7, 11) is 1.36. The molecule has 0 bridgehead atoms. The van der Waals surface area contributed by atoms with Crippen LogP contribution < -0.4 is 0 Å². The first-order chi connectivity index (χ1) is 10.3. The molecule has 0 spiro atoms. The number of methoxy groups -OCH3 is 1. The summed E-state index contributed by atoms with van der Waals surface area (Å²) in [4.78, 5) is 17.9. The first kappa shape index (κ1) is 14.2. The number of hydrogen-bond acceptors (Lipinski definition) is 8. The van der Waals surface area contributed by atoms with Crippen LogP contribution in [-0.4, -0.2) is 53.9 Å². The molecule has 112 valence electrons. The molecule has 1 atom stereocenters. The van der Waals surface area contributed by atoms with Gasteiger partial charge in [-0.2, -0.15) is 16.3 Å². The monoisotopic (exact) mass is 309 g/mol. The van der Waals surface area contributed by atoms with Gasteiger partial charge in [0.05, 0.1) is 20.3 Å². The van der Waals surface area contributed by atoms with Crippen molar-refractivity contribution < 1.29 is 18.8 Å². The molecular weight excluding hydrogens is 294 g/mol. The maximum Gasteiger partial charge on any atom is 0.336 e. The summed E-state index contributed by atoms with van der Waals surface area (Å²) in [6.45, 7) is 2.14. The summed E-state index contributed by atoms with van der Waals surface area (Å²) in [5, 5.41) is 7.90. The first-order valence-corrected chi connectivity index (χ1v) is 7.47. The van der Waals surface area contributed by atoms with E-state index in [1.807, 2.05) is 21.7 Å². The minimum atomic E-state index is -0.553. The van der Waals surface area contributed by atoms with E-state index in [9.17, 15) is 4.79 Å². The van der Waals surface area contributed by atoms with Crippen molar-refractivity contribution in [1.82, 2.24) is 15.0 Å². The quantitative estimate of drug-likeness (QED) is 0.785. The molecule has 3 heterocycles. The van der Waals surface area contributed by atoms with E-state index in [0.29, 0.717) is 38.0 Å². The summed E-state index contributed by atoms with van der Waals surface area (Å²) in [6, 6.07) is 1.95. The Morgan fingerprint density at radius 2 is 2.52 bits per heavy atom. The van der Waals surface area contributed by atoms with Gasteiger partial charge < -0.3 is 14.0 Å². The molecular formula is C13H15N3O4S. The van der Waals surface area contributed by atoms with Crippen LogP contribution >= 0.6 is 11.3 Å². The number of thiophene rings is 1. The van der Waals surface area contributed by atoms with Crippen LogP contribution in [0.2, 0.25) is 0 Å². The van der Waals surface area contributed by atoms with Gasteiger partial charge in [0.1, 0.15) is 0 Å². The van der Waals surface area contributed by atoms with E-state index in [1.54, 1.807) is 11.3 Å². The fourth-order valence-corrected chi connectivity index (χ4v) is 2.77. The number of ether oxygens (including phenoxy) is 2. The van der Waals surface area contributed by atoms with E-state index in [0.717, 1.165) is 5.56 Å². The topological polar surface area (TPSA) is 77.7 Å². The highest BCUT2D eigenvalue weighted by Crippen LogP contribution is 2.19. The number of esters is 1. The van der Waals surface area contributed by atoms with E-state index in [1.165, 1.54) is 7.11 Å². The summed E-state index contributed by atoms with van der Waals surface area (Å²) < 4.78 is 15.3. The lowest BCUT2D eigenvalue weighted by atomic mass is 10.2. The van der Waals surface area contributed by atoms with E-state index in [4.69, 9.17) is 14.0 Å². The minimum Gasteiger partial charge on any atom is -0.467 e. The lowest BCUT2D eigenvalue weighted by Gasteiger charge is -2.30. The highest BCUT2D eigenvalue weighted by atomic mass is 32.1. The Hall–Kier alpha value is -1.77. The fourth-order valence-electron chi connectivity index (χ4n) is 2.14. The average Bonchev–Trinajstić information content (AvgIpc) is 3.17. The third-order valence-electron chi connectivity index (χ3n) is 3.22. The molecule has 0 amide bonds. The zero-order chi connectivity index (χ0) is 14.7. The van der Waals surface area contributed by atoms with Crippen molar-refractivity contribution in [1.29, 1.82) is 0 Å². The second kappa shape index (κ2) is 6.33. The summed E-state index contributed by atoms with van der Waals surface area (Å²) in [5.41, 5.74) is 0.949. The second-order valence-electron chi connectivity index (χ2n) is 4.64. The molecule has 0 aromatic carbocycles. The van der Waals surface area contributed by atoms with Crippen LogP contribution in [0.4, 0.5) is 0 Å². The number of rotatable bonds is 4. The number of hydrogen-bond donors (Lipinski definition) is 0. The normalized spacial score (nSPS) is 19.6. The Balaban J connectivity index is 1.62. The van der Waals surface area contributed by atoms with Gasteiger partial charge in [-0.05, 0) is 11.4 Å². The van der Waals surface area contributed by atoms with Crippen LogP contribution in [0.25, 0.3) is 11.4 Å². The van der Waals surface area contributed by atoms with Crippen LogP contribution in [0.15, 0.2) is 21.3 Å². The van der Waals surface area contributed by atoms with Crippen LogP contribution in [0.1, 0.15) is 5.89 Å². The largest absolute Gasteiger partial charge is 0.467 e. The number of morpholine rings is 1. The van der Waals surface area contributed by atoms with Gasteiger partial charge in [-0.15, -0.1) is 0 Å². The fraction of sp³-hybridized carbons (Fsp3) is 0.462. The Morgan fingerprint density at radius 1 is 1.62 bits per heavy atom. The molecule has 21 heavy (non-hydrogen) atoms. The third-order valence-corrected chi connectivity index (χ3v) is 3.90. The van der Waals surface area contributed by atoms with Crippen molar-refractivity contribution in [3.8, 4) is 11.4 Å². The number of nitrogens with zero attached hydrogens (tertiary/aromatic N) is 3. The van der Waals surface area contributed by atoms with E-state index < -0.39 is 6.10 Å². The van der Waals surface area contributed by atoms with E-state index in [-0.39, 0.29) is 5.97 Å². The summed E-state index contributed by atoms with van der Waals surface area (Å²) >= 11 is 1.59. The molecule has 3 rings (SSSR count). The van der Waals surface area contributed by atoms with Gasteiger partial charge in [0.2, 0.25) is 11.7 Å². The summed E-state index contributed by atoms with van der Waals surface area (Å²) in [6.07, 6.45) is -0.553. The Labute approximate surface area is 125 Å². The van der Waals surface area contributed by atoms with Gasteiger partial charge in [0.15, 0.2) is 6.10 Å². The van der Waals surface area contributed by atoms with Crippen molar-refractivity contribution in [2.75, 3.05) is 26.8 Å². The van der Waals surface area contributed by atoms with Gasteiger partial charge >= 0.3 is 5.97 Å². The SMILES string of the molecule is COC(=O)C1CN(Cc2nc(-c3ccsc3)no2)CCO1. The molecule has 2 aromatic heterocycles. The number of carbonyl (C=O) groups is 1. The maximum absolute atomic E-state index is 11.5. The Bertz CT molecular complexity index is 598. The van der Waals surface area contributed by atoms with Crippen molar-refractivity contribution in [2.24, 2.45) is 0 Å². The standard InChI is InChI=1S/C13H15N3O4S/c1-18-13(17)10-6-16(3-4-19-10)7-11-14-12(15-20-11)9-2-5-21-8-9/h2,5,8,10H,3-4,6-7H2,1H3. The Kier molecular flexibility index (Phi) is 4.28. The van der Waals surface area contributed by atoms with Crippen LogP contribution in [0.5, 0.6) is 0 Å².